The van der Waals surface area contributed by atoms with E-state index in [0.29, 0.717) is 0 Å². The van der Waals surface area contributed by atoms with E-state index < -0.39 is 17.8 Å². The summed E-state index contributed by atoms with van der Waals surface area (Å²) >= 11 is 0. The van der Waals surface area contributed by atoms with Crippen LogP contribution >= 0.6 is 0 Å². The molecule has 1 N–H and O–H groups in total. The highest BCUT2D eigenvalue weighted by atomic mass is 16.7. The van der Waals surface area contributed by atoms with Gasteiger partial charge >= 0.3 is 17.8 Å². The highest BCUT2D eigenvalue weighted by Crippen LogP contribution is 2.23. The molecule has 1 fully saturated rings. The van der Waals surface area contributed by atoms with Gasteiger partial charge in [0.05, 0.1) is 14.2 Å². The van der Waals surface area contributed by atoms with Gasteiger partial charge in [0, 0.05) is 6.42 Å². The molecular weight excluding hydrogens is 304 g/mol. The molecule has 1 aliphatic heterocycles. The third-order valence-electron chi connectivity index (χ3n) is 2.73. The summed E-state index contributed by atoms with van der Waals surface area (Å²) in [6.45, 7) is 1.60. The Balaban J connectivity index is 0.000000463. The van der Waals surface area contributed by atoms with Crippen molar-refractivity contribution in [1.82, 2.24) is 10.1 Å². The molecule has 1 saturated heterocycles. The lowest BCUT2D eigenvalue weighted by atomic mass is 10.2. The number of carbonyl (C=O) groups is 3. The number of aliphatic carboxylic acids is 1. The minimum absolute atomic E-state index is 0.222. The van der Waals surface area contributed by atoms with Crippen molar-refractivity contribution >= 4 is 23.9 Å². The van der Waals surface area contributed by atoms with Crippen LogP contribution in [0.1, 0.15) is 18.9 Å². The van der Waals surface area contributed by atoms with E-state index in [4.69, 9.17) is 14.8 Å². The number of carbonyl (C=O) groups excluding carboxylic acids is 2. The number of carboxylic acids is 1. The van der Waals surface area contributed by atoms with Gasteiger partial charge in [-0.15, -0.1) is 0 Å². The summed E-state index contributed by atoms with van der Waals surface area (Å²) in [5, 5.41) is 9.50. The number of hydroxylamine groups is 4. The fourth-order valence-corrected chi connectivity index (χ4v) is 1.63. The molecule has 1 aromatic rings. The molecule has 8 nitrogen and oxygen atoms in total. The molecule has 1 heterocycles. The van der Waals surface area contributed by atoms with Gasteiger partial charge in [-0.3, -0.25) is 24.1 Å². The first-order chi connectivity index (χ1) is 11.0. The molecule has 0 aromatic heterocycles. The smallest absolute Gasteiger partial charge is 0.344 e. The summed E-state index contributed by atoms with van der Waals surface area (Å²) in [7, 11) is 2.62. The number of nitrogens with zero attached hydrogens (tertiary/aromatic N) is 2. The second-order valence-corrected chi connectivity index (χ2v) is 4.22. The number of carboxylic acid groups (broad SMARTS) is 1. The van der Waals surface area contributed by atoms with Gasteiger partial charge in [-0.1, -0.05) is 37.3 Å². The Morgan fingerprint density at radius 1 is 1.09 bits per heavy atom. The van der Waals surface area contributed by atoms with Gasteiger partial charge in [0.15, 0.2) is 5.82 Å². The van der Waals surface area contributed by atoms with E-state index in [-0.39, 0.29) is 12.2 Å². The molecule has 2 amide bonds. The minimum atomic E-state index is -0.790. The molecule has 0 bridgehead atoms. The van der Waals surface area contributed by atoms with Crippen LogP contribution in [0.5, 0.6) is 0 Å². The van der Waals surface area contributed by atoms with E-state index in [2.05, 4.69) is 0 Å². The van der Waals surface area contributed by atoms with Gasteiger partial charge in [-0.2, -0.15) is 10.1 Å². The summed E-state index contributed by atoms with van der Waals surface area (Å²) < 4.78 is 0. The summed E-state index contributed by atoms with van der Waals surface area (Å²) in [6.07, 6.45) is 1.84. The first kappa shape index (κ1) is 18.3. The molecule has 2 rings (SSSR count). The Kier molecular flexibility index (Phi) is 6.91. The first-order valence-corrected chi connectivity index (χ1v) is 6.71. The maximum absolute atomic E-state index is 11.6. The Morgan fingerprint density at radius 2 is 1.52 bits per heavy atom. The second kappa shape index (κ2) is 8.66. The van der Waals surface area contributed by atoms with Crippen molar-refractivity contribution in [2.75, 3.05) is 14.2 Å². The molecule has 1 aliphatic rings. The van der Waals surface area contributed by atoms with Crippen molar-refractivity contribution in [1.29, 1.82) is 0 Å². The van der Waals surface area contributed by atoms with Crippen LogP contribution in [0.2, 0.25) is 0 Å². The zero-order valence-electron chi connectivity index (χ0n) is 13.1. The first-order valence-electron chi connectivity index (χ1n) is 6.71. The van der Waals surface area contributed by atoms with Gasteiger partial charge in [0.25, 0.3) is 0 Å². The monoisotopic (exact) mass is 322 g/mol. The Bertz CT molecular complexity index is 575. The largest absolute Gasteiger partial charge is 0.481 e. The normalized spacial score (nSPS) is 13.8. The van der Waals surface area contributed by atoms with E-state index in [0.717, 1.165) is 15.7 Å². The van der Waals surface area contributed by atoms with Crippen molar-refractivity contribution < 1.29 is 29.2 Å². The number of rotatable bonds is 4. The SMILES string of the molecule is CCC(=O)O.CON1C(=O)C(=O)N(OC)C1=Cc1ccccc1. The van der Waals surface area contributed by atoms with E-state index in [1.54, 1.807) is 13.0 Å². The van der Waals surface area contributed by atoms with Crippen LogP contribution in [0.25, 0.3) is 6.08 Å². The third-order valence-corrected chi connectivity index (χ3v) is 2.73. The van der Waals surface area contributed by atoms with Gasteiger partial charge in [0.2, 0.25) is 0 Å². The van der Waals surface area contributed by atoms with E-state index in [1.165, 1.54) is 14.2 Å². The maximum atomic E-state index is 11.6. The minimum Gasteiger partial charge on any atom is -0.481 e. The van der Waals surface area contributed by atoms with E-state index >= 15 is 0 Å². The van der Waals surface area contributed by atoms with Gasteiger partial charge in [-0.05, 0) is 11.6 Å². The number of amides is 2. The summed E-state index contributed by atoms with van der Waals surface area (Å²) in [4.78, 5) is 42.3. The average molecular weight is 322 g/mol. The molecule has 0 spiro atoms. The average Bonchev–Trinajstić information content (AvgIpc) is 2.79. The van der Waals surface area contributed by atoms with Crippen molar-refractivity contribution in [3.63, 3.8) is 0 Å². The predicted molar refractivity (Wildman–Crippen MR) is 80.1 cm³/mol. The third kappa shape index (κ3) is 4.63. The standard InChI is InChI=1S/C12H12N2O4.C3H6O2/c1-17-13-10(8-9-6-4-3-5-7-9)14(18-2)12(16)11(13)15;1-2-3(4)5/h3-8H,1-2H3;2H2,1H3,(H,4,5). The predicted octanol–water partition coefficient (Wildman–Crippen LogP) is 1.26. The Labute approximate surface area is 133 Å². The molecule has 124 valence electrons. The molecular formula is C15H18N2O6. The van der Waals surface area contributed by atoms with Gasteiger partial charge in [-0.25, -0.2) is 0 Å². The van der Waals surface area contributed by atoms with E-state index in [1.807, 2.05) is 30.3 Å². The summed E-state index contributed by atoms with van der Waals surface area (Å²) in [6, 6.07) is 9.23. The highest BCUT2D eigenvalue weighted by Gasteiger charge is 2.42. The van der Waals surface area contributed by atoms with Gasteiger partial charge in [0.1, 0.15) is 0 Å². The molecule has 0 radical (unpaired) electrons. The maximum Gasteiger partial charge on any atom is 0.344 e. The van der Waals surface area contributed by atoms with Crippen molar-refractivity contribution in [3.05, 3.63) is 41.7 Å². The van der Waals surface area contributed by atoms with Crippen LogP contribution in [0.4, 0.5) is 0 Å². The quantitative estimate of drug-likeness (QED) is 0.838. The molecule has 0 atom stereocenters. The summed E-state index contributed by atoms with van der Waals surface area (Å²) in [5.41, 5.74) is 0.819. The highest BCUT2D eigenvalue weighted by molar-refractivity contribution is 6.37. The van der Waals surface area contributed by atoms with Crippen LogP contribution in [0.3, 0.4) is 0 Å². The van der Waals surface area contributed by atoms with Crippen LogP contribution < -0.4 is 0 Å². The van der Waals surface area contributed by atoms with Crippen molar-refractivity contribution in [2.45, 2.75) is 13.3 Å². The number of hydrogen-bond donors (Lipinski definition) is 1. The molecule has 0 aliphatic carbocycles. The van der Waals surface area contributed by atoms with Crippen molar-refractivity contribution in [2.24, 2.45) is 0 Å². The van der Waals surface area contributed by atoms with Crippen LogP contribution in [-0.4, -0.2) is 47.2 Å². The Morgan fingerprint density at radius 3 is 1.87 bits per heavy atom. The topological polar surface area (TPSA) is 96.4 Å². The lowest BCUT2D eigenvalue weighted by molar-refractivity contribution is -0.164. The number of benzene rings is 1. The Hall–Kier alpha value is -2.71. The molecule has 0 saturated carbocycles. The fraction of sp³-hybridized carbons (Fsp3) is 0.267. The number of hydrogen-bond acceptors (Lipinski definition) is 5. The molecule has 1 aromatic carbocycles. The molecule has 0 unspecified atom stereocenters. The van der Waals surface area contributed by atoms with Gasteiger partial charge < -0.3 is 5.11 Å². The lowest BCUT2D eigenvalue weighted by Crippen LogP contribution is -2.26. The molecule has 8 heteroatoms. The summed E-state index contributed by atoms with van der Waals surface area (Å²) in [5.74, 6) is -2.10. The zero-order valence-corrected chi connectivity index (χ0v) is 13.1. The molecule has 23 heavy (non-hydrogen) atoms. The van der Waals surface area contributed by atoms with E-state index in [9.17, 15) is 14.4 Å². The zero-order chi connectivity index (χ0) is 17.4. The fourth-order valence-electron chi connectivity index (χ4n) is 1.63. The lowest BCUT2D eigenvalue weighted by Gasteiger charge is -2.17. The van der Waals surface area contributed by atoms with Crippen LogP contribution in [0, 0.1) is 0 Å². The van der Waals surface area contributed by atoms with Crippen molar-refractivity contribution in [3.8, 4) is 0 Å². The second-order valence-electron chi connectivity index (χ2n) is 4.22. The van der Waals surface area contributed by atoms with Crippen LogP contribution in [0.15, 0.2) is 36.2 Å². The van der Waals surface area contributed by atoms with Crippen LogP contribution in [-0.2, 0) is 24.1 Å².